The van der Waals surface area contributed by atoms with Crippen LogP contribution in [-0.2, 0) is 9.53 Å². The number of aliphatic hydroxyl groups is 1. The van der Waals surface area contributed by atoms with Crippen LogP contribution in [0.15, 0.2) is 0 Å². The number of fused-ring (bicyclic) bond motifs is 2. The average Bonchev–Trinajstić information content (AvgIpc) is 2.94. The Morgan fingerprint density at radius 3 is 2.77 bits per heavy atom. The van der Waals surface area contributed by atoms with Gasteiger partial charge < -0.3 is 9.84 Å². The highest BCUT2D eigenvalue weighted by molar-refractivity contribution is 5.80. The fourth-order valence-electron chi connectivity index (χ4n) is 8.06. The Morgan fingerprint density at radius 1 is 1.14 bits per heavy atom. The zero-order valence-electron chi connectivity index (χ0n) is 13.8. The van der Waals surface area contributed by atoms with E-state index in [2.05, 4.69) is 13.8 Å². The minimum absolute atomic E-state index is 0.0305. The first-order chi connectivity index (χ1) is 10.4. The van der Waals surface area contributed by atoms with Crippen molar-refractivity contribution in [3.8, 4) is 0 Å². The fourth-order valence-corrected chi connectivity index (χ4v) is 8.06. The molecule has 0 aromatic heterocycles. The molecule has 8 unspecified atom stereocenters. The Kier molecular flexibility index (Phi) is 2.46. The number of carbonyl (C=O) groups is 1. The summed E-state index contributed by atoms with van der Waals surface area (Å²) >= 11 is 0. The summed E-state index contributed by atoms with van der Waals surface area (Å²) in [7, 11) is 0. The third-order valence-corrected chi connectivity index (χ3v) is 8.79. The Bertz CT molecular complexity index is 545. The summed E-state index contributed by atoms with van der Waals surface area (Å²) in [5.41, 5.74) is -0.129. The van der Waals surface area contributed by atoms with Crippen LogP contribution >= 0.6 is 0 Å². The quantitative estimate of drug-likeness (QED) is 0.699. The van der Waals surface area contributed by atoms with Crippen molar-refractivity contribution in [3.63, 3.8) is 0 Å². The fraction of sp³-hybridized carbons (Fsp3) is 0.947. The lowest BCUT2D eigenvalue weighted by atomic mass is 9.40. The molecule has 1 heterocycles. The number of esters is 1. The molecule has 1 spiro atoms. The second kappa shape index (κ2) is 3.91. The molecule has 122 valence electrons. The van der Waals surface area contributed by atoms with Gasteiger partial charge in [-0.15, -0.1) is 0 Å². The van der Waals surface area contributed by atoms with Crippen LogP contribution in [0, 0.1) is 34.0 Å². The summed E-state index contributed by atoms with van der Waals surface area (Å²) in [4.78, 5) is 12.6. The van der Waals surface area contributed by atoms with Crippen LogP contribution in [0.25, 0.3) is 0 Å². The van der Waals surface area contributed by atoms with E-state index in [4.69, 9.17) is 4.74 Å². The molecule has 1 aliphatic heterocycles. The molecule has 22 heavy (non-hydrogen) atoms. The largest absolute Gasteiger partial charge is 0.459 e. The predicted molar refractivity (Wildman–Crippen MR) is 81.9 cm³/mol. The summed E-state index contributed by atoms with van der Waals surface area (Å²) in [6.07, 6.45) is 8.80. The minimum Gasteiger partial charge on any atom is -0.459 e. The van der Waals surface area contributed by atoms with Gasteiger partial charge in [-0.3, -0.25) is 4.79 Å². The Labute approximate surface area is 132 Å². The molecule has 8 atom stereocenters. The molecule has 4 saturated carbocycles. The first-order valence-corrected chi connectivity index (χ1v) is 9.31. The summed E-state index contributed by atoms with van der Waals surface area (Å²) in [5.74, 6) is 1.59. The van der Waals surface area contributed by atoms with Crippen molar-refractivity contribution in [2.45, 2.75) is 77.4 Å². The molecule has 3 nitrogen and oxygen atoms in total. The van der Waals surface area contributed by atoms with Crippen molar-refractivity contribution in [1.29, 1.82) is 0 Å². The van der Waals surface area contributed by atoms with Crippen molar-refractivity contribution in [3.05, 3.63) is 0 Å². The summed E-state index contributed by atoms with van der Waals surface area (Å²) in [5, 5.41) is 11.3. The first kappa shape index (κ1) is 13.8. The number of hydrogen-bond acceptors (Lipinski definition) is 3. The standard InChI is InChI=1S/C19H28O3/c1-17-7-3-8-18(2)14(17)13(22-16(18)21)15(20)19-9-6-11(10-19)4-5-12(17)19/h11-15,20H,3-10H2,1-2H3. The number of rotatable bonds is 0. The van der Waals surface area contributed by atoms with Gasteiger partial charge in [-0.1, -0.05) is 19.8 Å². The van der Waals surface area contributed by atoms with Gasteiger partial charge in [0.05, 0.1) is 11.5 Å². The summed E-state index contributed by atoms with van der Waals surface area (Å²) in [6.45, 7) is 4.55. The van der Waals surface area contributed by atoms with Gasteiger partial charge in [0.1, 0.15) is 6.10 Å². The lowest BCUT2D eigenvalue weighted by Crippen LogP contribution is -2.65. The Hall–Kier alpha value is -0.570. The van der Waals surface area contributed by atoms with E-state index in [0.717, 1.165) is 25.2 Å². The van der Waals surface area contributed by atoms with Crippen molar-refractivity contribution in [1.82, 2.24) is 0 Å². The molecule has 5 aliphatic rings. The molecular formula is C19H28O3. The first-order valence-electron chi connectivity index (χ1n) is 9.31. The smallest absolute Gasteiger partial charge is 0.312 e. The van der Waals surface area contributed by atoms with E-state index in [1.165, 1.54) is 32.1 Å². The van der Waals surface area contributed by atoms with E-state index in [-0.39, 0.29) is 34.2 Å². The maximum absolute atomic E-state index is 12.6. The van der Waals surface area contributed by atoms with Gasteiger partial charge in [0, 0.05) is 11.3 Å². The zero-order chi connectivity index (χ0) is 15.3. The molecule has 5 fully saturated rings. The zero-order valence-corrected chi connectivity index (χ0v) is 13.8. The lowest BCUT2D eigenvalue weighted by Gasteiger charge is -2.64. The molecule has 0 aromatic carbocycles. The third kappa shape index (κ3) is 1.29. The number of aliphatic hydroxyl groups excluding tert-OH is 1. The second-order valence-electron chi connectivity index (χ2n) is 9.54. The summed E-state index contributed by atoms with van der Waals surface area (Å²) in [6, 6.07) is 0. The molecule has 1 saturated heterocycles. The van der Waals surface area contributed by atoms with Crippen LogP contribution in [0.5, 0.6) is 0 Å². The number of hydrogen-bond donors (Lipinski definition) is 1. The van der Waals surface area contributed by atoms with E-state index in [0.29, 0.717) is 5.92 Å². The van der Waals surface area contributed by atoms with Crippen LogP contribution in [0.3, 0.4) is 0 Å². The molecule has 2 bridgehead atoms. The van der Waals surface area contributed by atoms with E-state index >= 15 is 0 Å². The molecule has 0 radical (unpaired) electrons. The SMILES string of the molecule is CC12CCCC3(C)C1C(OC2=O)C(O)C12CCC(CCC31)C2. The van der Waals surface area contributed by atoms with E-state index in [1.807, 2.05) is 0 Å². The average molecular weight is 304 g/mol. The minimum atomic E-state index is -0.426. The van der Waals surface area contributed by atoms with Gasteiger partial charge in [0.15, 0.2) is 0 Å². The molecule has 1 N–H and O–H groups in total. The van der Waals surface area contributed by atoms with Gasteiger partial charge >= 0.3 is 5.97 Å². The van der Waals surface area contributed by atoms with Crippen LogP contribution in [0.2, 0.25) is 0 Å². The molecule has 0 aromatic rings. The van der Waals surface area contributed by atoms with E-state index < -0.39 is 6.10 Å². The maximum Gasteiger partial charge on any atom is 0.312 e. The van der Waals surface area contributed by atoms with Gasteiger partial charge in [-0.05, 0) is 62.7 Å². The molecular weight excluding hydrogens is 276 g/mol. The Balaban J connectivity index is 1.69. The molecule has 3 heteroatoms. The summed E-state index contributed by atoms with van der Waals surface area (Å²) < 4.78 is 5.87. The van der Waals surface area contributed by atoms with Crippen molar-refractivity contribution in [2.24, 2.45) is 34.0 Å². The van der Waals surface area contributed by atoms with E-state index in [1.54, 1.807) is 0 Å². The topological polar surface area (TPSA) is 46.5 Å². The normalized spacial score (nSPS) is 62.3. The highest BCUT2D eigenvalue weighted by Crippen LogP contribution is 2.73. The molecule has 5 rings (SSSR count). The third-order valence-electron chi connectivity index (χ3n) is 8.79. The predicted octanol–water partition coefficient (Wildman–Crippen LogP) is 3.30. The molecule has 0 amide bonds. The van der Waals surface area contributed by atoms with Crippen LogP contribution in [0.1, 0.15) is 65.2 Å². The van der Waals surface area contributed by atoms with Crippen molar-refractivity contribution < 1.29 is 14.6 Å². The number of ether oxygens (including phenoxy) is 1. The second-order valence-corrected chi connectivity index (χ2v) is 9.54. The van der Waals surface area contributed by atoms with Crippen LogP contribution < -0.4 is 0 Å². The lowest BCUT2D eigenvalue weighted by molar-refractivity contribution is -0.220. The van der Waals surface area contributed by atoms with Gasteiger partial charge in [-0.25, -0.2) is 0 Å². The van der Waals surface area contributed by atoms with Crippen molar-refractivity contribution in [2.75, 3.05) is 0 Å². The van der Waals surface area contributed by atoms with E-state index in [9.17, 15) is 9.90 Å². The highest BCUT2D eigenvalue weighted by Gasteiger charge is 2.74. The van der Waals surface area contributed by atoms with Crippen molar-refractivity contribution >= 4 is 5.97 Å². The Morgan fingerprint density at radius 2 is 1.95 bits per heavy atom. The number of carbonyl (C=O) groups excluding carboxylic acids is 1. The van der Waals surface area contributed by atoms with Crippen LogP contribution in [-0.4, -0.2) is 23.3 Å². The maximum atomic E-state index is 12.6. The van der Waals surface area contributed by atoms with Gasteiger partial charge in [0.2, 0.25) is 0 Å². The monoisotopic (exact) mass is 304 g/mol. The van der Waals surface area contributed by atoms with Crippen LogP contribution in [0.4, 0.5) is 0 Å². The van der Waals surface area contributed by atoms with Gasteiger partial charge in [0.25, 0.3) is 0 Å². The van der Waals surface area contributed by atoms with Gasteiger partial charge in [-0.2, -0.15) is 0 Å². The highest BCUT2D eigenvalue weighted by atomic mass is 16.6. The molecule has 4 aliphatic carbocycles.